The molecule has 0 aliphatic carbocycles. The van der Waals surface area contributed by atoms with Crippen LogP contribution in [-0.2, 0) is 21.2 Å². The van der Waals surface area contributed by atoms with Gasteiger partial charge in [0.2, 0.25) is 0 Å². The zero-order chi connectivity index (χ0) is 22.6. The third kappa shape index (κ3) is 4.94. The molecule has 2 aromatic carbocycles. The molecule has 3 rings (SSSR count). The van der Waals surface area contributed by atoms with Crippen LogP contribution in [0.1, 0.15) is 25.0 Å². The number of sulfonamides is 1. The smallest absolute Gasteiger partial charge is 0.284 e. The summed E-state index contributed by atoms with van der Waals surface area (Å²) in [6.45, 7) is 4.07. The lowest BCUT2D eigenvalue weighted by Gasteiger charge is -2.12. The van der Waals surface area contributed by atoms with Gasteiger partial charge in [-0.15, -0.1) is 4.40 Å². The first-order valence-corrected chi connectivity index (χ1v) is 12.0. The average molecular weight is 461 g/mol. The molecule has 1 heterocycles. The number of nitrogens with zero attached hydrogens (tertiary/aromatic N) is 2. The number of amides is 1. The second kappa shape index (κ2) is 9.57. The third-order valence-electron chi connectivity index (χ3n) is 4.74. The summed E-state index contributed by atoms with van der Waals surface area (Å²) in [4.78, 5) is 14.7. The van der Waals surface area contributed by atoms with Crippen LogP contribution in [0, 0.1) is 0 Å². The maximum atomic E-state index is 12.8. The molecule has 1 saturated heterocycles. The molecule has 2 aromatic rings. The lowest BCUT2D eigenvalue weighted by Crippen LogP contribution is -2.29. The van der Waals surface area contributed by atoms with Crippen LogP contribution in [0.3, 0.4) is 0 Å². The van der Waals surface area contributed by atoms with E-state index >= 15 is 0 Å². The summed E-state index contributed by atoms with van der Waals surface area (Å²) in [6.07, 6.45) is 2.50. The molecule has 0 bridgehead atoms. The SMILES string of the molecule is CCc1ccc(S(=O)(=O)N=C2S/C(=C\c3ccc(OC)c(OC)c3)C(=O)N2CC)cc1. The van der Waals surface area contributed by atoms with Crippen molar-refractivity contribution in [1.29, 1.82) is 0 Å². The molecule has 164 valence electrons. The Bertz CT molecular complexity index is 1140. The van der Waals surface area contributed by atoms with Gasteiger partial charge in [0.15, 0.2) is 16.7 Å². The van der Waals surface area contributed by atoms with Crippen molar-refractivity contribution in [2.24, 2.45) is 4.40 Å². The van der Waals surface area contributed by atoms with E-state index in [1.54, 1.807) is 50.4 Å². The number of hydrogen-bond acceptors (Lipinski definition) is 6. The molecule has 0 N–H and O–H groups in total. The molecule has 0 radical (unpaired) electrons. The Morgan fingerprint density at radius 3 is 2.29 bits per heavy atom. The first-order valence-electron chi connectivity index (χ1n) is 9.70. The van der Waals surface area contributed by atoms with E-state index in [-0.39, 0.29) is 16.0 Å². The monoisotopic (exact) mass is 460 g/mol. The summed E-state index contributed by atoms with van der Waals surface area (Å²) in [5.41, 5.74) is 1.76. The van der Waals surface area contributed by atoms with Gasteiger partial charge < -0.3 is 9.47 Å². The van der Waals surface area contributed by atoms with Crippen molar-refractivity contribution in [1.82, 2.24) is 4.90 Å². The van der Waals surface area contributed by atoms with E-state index in [0.717, 1.165) is 29.3 Å². The van der Waals surface area contributed by atoms with Crippen molar-refractivity contribution in [2.75, 3.05) is 20.8 Å². The topological polar surface area (TPSA) is 85.3 Å². The van der Waals surface area contributed by atoms with Crippen LogP contribution < -0.4 is 9.47 Å². The number of thioether (sulfide) groups is 1. The maximum Gasteiger partial charge on any atom is 0.284 e. The molecule has 1 fully saturated rings. The number of benzene rings is 2. The Morgan fingerprint density at radius 2 is 1.71 bits per heavy atom. The predicted molar refractivity (Wildman–Crippen MR) is 123 cm³/mol. The minimum atomic E-state index is -3.94. The normalized spacial score (nSPS) is 16.9. The number of likely N-dealkylation sites (N-methyl/N-ethyl adjacent to an activating group) is 1. The highest BCUT2D eigenvalue weighted by Gasteiger charge is 2.34. The van der Waals surface area contributed by atoms with E-state index < -0.39 is 10.0 Å². The number of aryl methyl sites for hydroxylation is 1. The molecule has 1 aliphatic heterocycles. The first-order chi connectivity index (χ1) is 14.8. The summed E-state index contributed by atoms with van der Waals surface area (Å²) in [7, 11) is -0.862. The summed E-state index contributed by atoms with van der Waals surface area (Å²) in [5, 5.41) is 0.138. The van der Waals surface area contributed by atoms with Gasteiger partial charge in [-0.2, -0.15) is 8.42 Å². The van der Waals surface area contributed by atoms with E-state index in [1.165, 1.54) is 24.1 Å². The molecule has 0 saturated carbocycles. The lowest BCUT2D eigenvalue weighted by atomic mass is 10.2. The van der Waals surface area contributed by atoms with Gasteiger partial charge in [-0.05, 0) is 66.6 Å². The minimum absolute atomic E-state index is 0.0959. The minimum Gasteiger partial charge on any atom is -0.493 e. The van der Waals surface area contributed by atoms with Crippen LogP contribution in [0.2, 0.25) is 0 Å². The van der Waals surface area contributed by atoms with Crippen LogP contribution >= 0.6 is 11.8 Å². The molecule has 31 heavy (non-hydrogen) atoms. The molecule has 0 aromatic heterocycles. The highest BCUT2D eigenvalue weighted by Crippen LogP contribution is 2.35. The van der Waals surface area contributed by atoms with Gasteiger partial charge in [-0.1, -0.05) is 25.1 Å². The number of methoxy groups -OCH3 is 2. The van der Waals surface area contributed by atoms with Crippen molar-refractivity contribution in [3.05, 3.63) is 58.5 Å². The highest BCUT2D eigenvalue weighted by molar-refractivity contribution is 8.19. The van der Waals surface area contributed by atoms with Gasteiger partial charge in [0, 0.05) is 6.54 Å². The van der Waals surface area contributed by atoms with Gasteiger partial charge in [-0.25, -0.2) is 0 Å². The van der Waals surface area contributed by atoms with Gasteiger partial charge in [0.05, 0.1) is 24.0 Å². The number of hydrogen-bond donors (Lipinski definition) is 0. The molecule has 0 spiro atoms. The fourth-order valence-electron chi connectivity index (χ4n) is 3.00. The number of carbonyl (C=O) groups excluding carboxylic acids is 1. The summed E-state index contributed by atoms with van der Waals surface area (Å²) in [5.74, 6) is 0.817. The Balaban J connectivity index is 1.94. The molecule has 9 heteroatoms. The predicted octanol–water partition coefficient (Wildman–Crippen LogP) is 3.95. The van der Waals surface area contributed by atoms with Crippen LogP contribution in [0.4, 0.5) is 0 Å². The molecule has 1 aliphatic rings. The zero-order valence-electron chi connectivity index (χ0n) is 17.8. The molecule has 7 nitrogen and oxygen atoms in total. The zero-order valence-corrected chi connectivity index (χ0v) is 19.4. The van der Waals surface area contributed by atoms with E-state index in [1.807, 2.05) is 6.92 Å². The molecule has 1 amide bonds. The van der Waals surface area contributed by atoms with Crippen molar-refractivity contribution in [3.63, 3.8) is 0 Å². The number of amidine groups is 1. The molecular weight excluding hydrogens is 436 g/mol. The van der Waals surface area contributed by atoms with Gasteiger partial charge >= 0.3 is 0 Å². The average Bonchev–Trinajstić information content (AvgIpc) is 3.06. The van der Waals surface area contributed by atoms with Crippen LogP contribution in [0.15, 0.2) is 56.7 Å². The summed E-state index contributed by atoms with van der Waals surface area (Å²) < 4.78 is 40.1. The van der Waals surface area contributed by atoms with E-state index in [2.05, 4.69) is 4.40 Å². The standard InChI is InChI=1S/C22H24N2O5S2/c1-5-15-7-10-17(11-8-15)31(26,27)23-22-24(6-2)21(25)20(30-22)14-16-9-12-18(28-3)19(13-16)29-4/h7-14H,5-6H2,1-4H3/b20-14-,23-22?. The van der Waals surface area contributed by atoms with E-state index in [4.69, 9.17) is 9.47 Å². The highest BCUT2D eigenvalue weighted by atomic mass is 32.2. The number of carbonyl (C=O) groups is 1. The fraction of sp³-hybridized carbons (Fsp3) is 0.273. The Labute approximate surface area is 186 Å². The van der Waals surface area contributed by atoms with Crippen molar-refractivity contribution in [2.45, 2.75) is 25.2 Å². The lowest BCUT2D eigenvalue weighted by molar-refractivity contribution is -0.122. The second-order valence-corrected chi connectivity index (χ2v) is 9.23. The summed E-state index contributed by atoms with van der Waals surface area (Å²) in [6, 6.07) is 11.9. The Hall–Kier alpha value is -2.78. The van der Waals surface area contributed by atoms with Crippen LogP contribution in [-0.4, -0.2) is 45.2 Å². The Morgan fingerprint density at radius 1 is 1.03 bits per heavy atom. The molecule has 0 atom stereocenters. The first kappa shape index (κ1) is 22.9. The third-order valence-corrected chi connectivity index (χ3v) is 7.14. The van der Waals surface area contributed by atoms with Crippen LogP contribution in [0.25, 0.3) is 6.08 Å². The van der Waals surface area contributed by atoms with Crippen LogP contribution in [0.5, 0.6) is 11.5 Å². The second-order valence-electron chi connectivity index (χ2n) is 6.62. The van der Waals surface area contributed by atoms with Crippen molar-refractivity contribution >= 4 is 38.9 Å². The van der Waals surface area contributed by atoms with Gasteiger partial charge in [0.25, 0.3) is 15.9 Å². The Kier molecular flexibility index (Phi) is 7.07. The van der Waals surface area contributed by atoms with Gasteiger partial charge in [-0.3, -0.25) is 9.69 Å². The quantitative estimate of drug-likeness (QED) is 0.582. The fourth-order valence-corrected chi connectivity index (χ4v) is 5.25. The van der Waals surface area contributed by atoms with E-state index in [9.17, 15) is 13.2 Å². The van der Waals surface area contributed by atoms with Gasteiger partial charge in [0.1, 0.15) is 0 Å². The largest absolute Gasteiger partial charge is 0.493 e. The summed E-state index contributed by atoms with van der Waals surface area (Å²) >= 11 is 1.04. The number of rotatable bonds is 7. The van der Waals surface area contributed by atoms with Crippen molar-refractivity contribution in [3.8, 4) is 11.5 Å². The number of ether oxygens (including phenoxy) is 2. The molecular formula is C22H24N2O5S2. The molecule has 0 unspecified atom stereocenters. The maximum absolute atomic E-state index is 12.8. The van der Waals surface area contributed by atoms with Crippen molar-refractivity contribution < 1.29 is 22.7 Å². The van der Waals surface area contributed by atoms with E-state index in [0.29, 0.717) is 22.9 Å².